The molecule has 0 radical (unpaired) electrons. The van der Waals surface area contributed by atoms with E-state index >= 15 is 0 Å². The minimum absolute atomic E-state index is 0.0374. The molecular weight excluding hydrogens is 320 g/mol. The zero-order chi connectivity index (χ0) is 17.6. The van der Waals surface area contributed by atoms with Gasteiger partial charge in [0.1, 0.15) is 5.76 Å². The highest BCUT2D eigenvalue weighted by atomic mass is 32.2. The van der Waals surface area contributed by atoms with E-state index in [0.29, 0.717) is 5.76 Å². The molecule has 6 nitrogen and oxygen atoms in total. The predicted octanol–water partition coefficient (Wildman–Crippen LogP) is 2.77. The van der Waals surface area contributed by atoms with Crippen LogP contribution in [0.15, 0.2) is 22.8 Å². The molecule has 0 spiro atoms. The summed E-state index contributed by atoms with van der Waals surface area (Å²) in [6.07, 6.45) is 1.39. The lowest BCUT2D eigenvalue weighted by atomic mass is 9.87. The number of thioether (sulfide) groups is 1. The number of carbonyl (C=O) groups is 3. The van der Waals surface area contributed by atoms with Crippen LogP contribution in [0.25, 0.3) is 0 Å². The van der Waals surface area contributed by atoms with Crippen LogP contribution >= 0.6 is 11.8 Å². The first-order valence-electron chi connectivity index (χ1n) is 7.10. The van der Waals surface area contributed by atoms with Crippen LogP contribution in [0.1, 0.15) is 38.9 Å². The van der Waals surface area contributed by atoms with Crippen LogP contribution in [0, 0.1) is 5.92 Å². The molecule has 0 aromatic carbocycles. The van der Waals surface area contributed by atoms with Crippen LogP contribution in [-0.4, -0.2) is 36.0 Å². The van der Waals surface area contributed by atoms with Gasteiger partial charge in [-0.3, -0.25) is 14.4 Å². The van der Waals surface area contributed by atoms with E-state index in [-0.39, 0.29) is 16.3 Å². The summed E-state index contributed by atoms with van der Waals surface area (Å²) >= 11 is 1.15. The summed E-state index contributed by atoms with van der Waals surface area (Å²) in [6, 6.07) is 3.26. The lowest BCUT2D eigenvalue weighted by Crippen LogP contribution is -2.33. The summed E-state index contributed by atoms with van der Waals surface area (Å²) in [4.78, 5) is 36.4. The van der Waals surface area contributed by atoms with Crippen LogP contribution < -0.4 is 0 Å². The number of hydrogen-bond donors (Lipinski definition) is 0. The van der Waals surface area contributed by atoms with E-state index in [1.54, 1.807) is 12.1 Å². The fourth-order valence-electron chi connectivity index (χ4n) is 2.13. The van der Waals surface area contributed by atoms with Crippen molar-refractivity contribution in [1.29, 1.82) is 0 Å². The fraction of sp³-hybridized carbons (Fsp3) is 0.562. The van der Waals surface area contributed by atoms with Crippen molar-refractivity contribution in [2.75, 3.05) is 14.2 Å². The van der Waals surface area contributed by atoms with Gasteiger partial charge in [0.15, 0.2) is 11.0 Å². The van der Waals surface area contributed by atoms with Gasteiger partial charge in [-0.05, 0) is 12.1 Å². The second-order valence-electron chi connectivity index (χ2n) is 5.94. The van der Waals surface area contributed by atoms with E-state index < -0.39 is 23.8 Å². The Bertz CT molecular complexity index is 527. The SMILES string of the molecule is COC(=O)C(C(=O)OC)[C@H](CC(=O)SC(C)(C)C)c1ccco1. The van der Waals surface area contributed by atoms with Gasteiger partial charge in [-0.2, -0.15) is 0 Å². The Balaban J connectivity index is 3.11. The van der Waals surface area contributed by atoms with Crippen molar-refractivity contribution >= 4 is 28.8 Å². The molecule has 7 heteroatoms. The maximum atomic E-state index is 12.3. The van der Waals surface area contributed by atoms with Gasteiger partial charge in [0, 0.05) is 17.1 Å². The molecule has 0 N–H and O–H groups in total. The number of furan rings is 1. The Morgan fingerprint density at radius 2 is 1.74 bits per heavy atom. The minimum atomic E-state index is -1.25. The molecule has 1 aromatic rings. The Labute approximate surface area is 139 Å². The Morgan fingerprint density at radius 3 is 2.13 bits per heavy atom. The first-order chi connectivity index (χ1) is 10.7. The molecule has 0 unspecified atom stereocenters. The molecule has 0 fully saturated rings. The molecule has 0 saturated carbocycles. The monoisotopic (exact) mass is 342 g/mol. The van der Waals surface area contributed by atoms with E-state index in [1.165, 1.54) is 20.5 Å². The number of carbonyl (C=O) groups excluding carboxylic acids is 3. The number of methoxy groups -OCH3 is 2. The first kappa shape index (κ1) is 19.3. The van der Waals surface area contributed by atoms with Gasteiger partial charge in [0.25, 0.3) is 0 Å². The summed E-state index contributed by atoms with van der Waals surface area (Å²) in [7, 11) is 2.37. The van der Waals surface area contributed by atoms with Gasteiger partial charge in [0.05, 0.1) is 20.5 Å². The topological polar surface area (TPSA) is 82.8 Å². The van der Waals surface area contributed by atoms with Crippen molar-refractivity contribution in [3.05, 3.63) is 24.2 Å². The van der Waals surface area contributed by atoms with Gasteiger partial charge in [-0.25, -0.2) is 0 Å². The van der Waals surface area contributed by atoms with E-state index in [0.717, 1.165) is 11.8 Å². The highest BCUT2D eigenvalue weighted by Crippen LogP contribution is 2.35. The third kappa shape index (κ3) is 5.74. The Morgan fingerprint density at radius 1 is 1.17 bits per heavy atom. The van der Waals surface area contributed by atoms with Crippen molar-refractivity contribution in [2.24, 2.45) is 5.92 Å². The first-order valence-corrected chi connectivity index (χ1v) is 7.92. The van der Waals surface area contributed by atoms with Crippen molar-refractivity contribution in [3.63, 3.8) is 0 Å². The molecule has 0 aliphatic carbocycles. The highest BCUT2D eigenvalue weighted by molar-refractivity contribution is 8.14. The average molecular weight is 342 g/mol. The predicted molar refractivity (Wildman–Crippen MR) is 85.9 cm³/mol. The van der Waals surface area contributed by atoms with Gasteiger partial charge in [-0.15, -0.1) is 0 Å². The number of rotatable bonds is 6. The summed E-state index contributed by atoms with van der Waals surface area (Å²) in [5.41, 5.74) is 0. The second-order valence-corrected chi connectivity index (χ2v) is 7.82. The molecule has 128 valence electrons. The lowest BCUT2D eigenvalue weighted by Gasteiger charge is -2.23. The van der Waals surface area contributed by atoms with E-state index in [4.69, 9.17) is 13.9 Å². The molecule has 0 aliphatic heterocycles. The second kappa shape index (κ2) is 8.19. The minimum Gasteiger partial charge on any atom is -0.469 e. The Hall–Kier alpha value is -1.76. The molecule has 1 atom stereocenters. The van der Waals surface area contributed by atoms with Crippen LogP contribution in [-0.2, 0) is 23.9 Å². The van der Waals surface area contributed by atoms with Crippen LogP contribution in [0.4, 0.5) is 0 Å². The van der Waals surface area contributed by atoms with E-state index in [9.17, 15) is 14.4 Å². The summed E-state index contributed by atoms with van der Waals surface area (Å²) in [5, 5.41) is -0.142. The largest absolute Gasteiger partial charge is 0.469 e. The number of ether oxygens (including phenoxy) is 2. The maximum Gasteiger partial charge on any atom is 0.320 e. The van der Waals surface area contributed by atoms with Crippen LogP contribution in [0.2, 0.25) is 0 Å². The molecule has 0 aliphatic rings. The molecule has 1 aromatic heterocycles. The third-order valence-electron chi connectivity index (χ3n) is 3.03. The normalized spacial score (nSPS) is 12.8. The molecular formula is C16H22O6S. The third-order valence-corrected chi connectivity index (χ3v) is 4.03. The van der Waals surface area contributed by atoms with Crippen LogP contribution in [0.3, 0.4) is 0 Å². The Kier molecular flexibility index (Phi) is 6.87. The van der Waals surface area contributed by atoms with Crippen LogP contribution in [0.5, 0.6) is 0 Å². The van der Waals surface area contributed by atoms with Gasteiger partial charge < -0.3 is 13.9 Å². The summed E-state index contributed by atoms with van der Waals surface area (Å²) in [6.45, 7) is 5.74. The average Bonchev–Trinajstić information content (AvgIpc) is 2.97. The van der Waals surface area contributed by atoms with E-state index in [2.05, 4.69) is 0 Å². The molecule has 0 saturated heterocycles. The summed E-state index contributed by atoms with van der Waals surface area (Å²) < 4.78 is 14.4. The van der Waals surface area contributed by atoms with Crippen molar-refractivity contribution in [2.45, 2.75) is 37.9 Å². The standard InChI is InChI=1S/C16H22O6S/c1-16(2,3)23-12(17)9-10(11-7-6-8-22-11)13(14(18)20-4)15(19)21-5/h6-8,10,13H,9H2,1-5H3/t10-/m1/s1. The van der Waals surface area contributed by atoms with Crippen molar-refractivity contribution in [3.8, 4) is 0 Å². The van der Waals surface area contributed by atoms with E-state index in [1.807, 2.05) is 20.8 Å². The maximum absolute atomic E-state index is 12.3. The molecule has 1 rings (SSSR count). The highest BCUT2D eigenvalue weighted by Gasteiger charge is 2.41. The zero-order valence-corrected chi connectivity index (χ0v) is 14.8. The lowest BCUT2D eigenvalue weighted by molar-refractivity contribution is -0.160. The molecule has 0 amide bonds. The smallest absolute Gasteiger partial charge is 0.320 e. The number of hydrogen-bond acceptors (Lipinski definition) is 7. The quantitative estimate of drug-likeness (QED) is 0.580. The molecule has 23 heavy (non-hydrogen) atoms. The molecule has 1 heterocycles. The fourth-order valence-corrected chi connectivity index (χ4v) is 3.07. The zero-order valence-electron chi connectivity index (χ0n) is 14.0. The summed E-state index contributed by atoms with van der Waals surface area (Å²) in [5.74, 6) is -3.17. The number of esters is 2. The molecule has 0 bridgehead atoms. The van der Waals surface area contributed by atoms with Gasteiger partial charge >= 0.3 is 11.9 Å². The van der Waals surface area contributed by atoms with Crippen molar-refractivity contribution < 1.29 is 28.3 Å². The van der Waals surface area contributed by atoms with Gasteiger partial charge in [-0.1, -0.05) is 32.5 Å². The van der Waals surface area contributed by atoms with Crippen molar-refractivity contribution in [1.82, 2.24) is 0 Å². The van der Waals surface area contributed by atoms with Gasteiger partial charge in [0.2, 0.25) is 0 Å².